The van der Waals surface area contributed by atoms with Crippen molar-refractivity contribution in [2.75, 3.05) is 0 Å². The molecule has 0 aliphatic rings. The van der Waals surface area contributed by atoms with Crippen LogP contribution in [0, 0.1) is 5.41 Å². The van der Waals surface area contributed by atoms with Gasteiger partial charge in [-0.25, -0.2) is 0 Å². The third-order valence-electron chi connectivity index (χ3n) is 2.76. The highest BCUT2D eigenvalue weighted by molar-refractivity contribution is 9.11. The van der Waals surface area contributed by atoms with E-state index in [9.17, 15) is 4.79 Å². The summed E-state index contributed by atoms with van der Waals surface area (Å²) in [5, 5.41) is 8.87. The highest BCUT2D eigenvalue weighted by atomic mass is 79.9. The molecular weight excluding hydrogens is 362 g/mol. The van der Waals surface area contributed by atoms with Crippen molar-refractivity contribution in [1.82, 2.24) is 0 Å². The summed E-state index contributed by atoms with van der Waals surface area (Å²) in [6, 6.07) is 5.64. The molecule has 1 atom stereocenters. The SMILES string of the molecule is CC(C)(CC(=O)O)CC(N)c1cc(Br)ccc1Br. The fourth-order valence-corrected chi connectivity index (χ4v) is 2.91. The lowest BCUT2D eigenvalue weighted by Gasteiger charge is -2.27. The number of rotatable bonds is 5. The Labute approximate surface area is 124 Å². The molecule has 0 aliphatic heterocycles. The first kappa shape index (κ1) is 15.7. The maximum atomic E-state index is 10.8. The number of aliphatic carboxylic acids is 1. The Hall–Kier alpha value is -0.390. The van der Waals surface area contributed by atoms with E-state index in [2.05, 4.69) is 31.9 Å². The van der Waals surface area contributed by atoms with E-state index in [1.54, 1.807) is 0 Å². The zero-order valence-corrected chi connectivity index (χ0v) is 13.6. The van der Waals surface area contributed by atoms with E-state index in [0.29, 0.717) is 6.42 Å². The lowest BCUT2D eigenvalue weighted by Crippen LogP contribution is -2.24. The second-order valence-electron chi connectivity index (χ2n) is 5.21. The molecule has 0 saturated carbocycles. The monoisotopic (exact) mass is 377 g/mol. The summed E-state index contributed by atoms with van der Waals surface area (Å²) in [7, 11) is 0. The second kappa shape index (κ2) is 6.17. The molecule has 5 heteroatoms. The van der Waals surface area contributed by atoms with Gasteiger partial charge in [0.25, 0.3) is 0 Å². The Bertz CT molecular complexity index is 447. The molecule has 0 heterocycles. The molecule has 1 aromatic rings. The molecule has 0 fully saturated rings. The van der Waals surface area contributed by atoms with Gasteiger partial charge in [-0.15, -0.1) is 0 Å². The number of carboxylic acid groups (broad SMARTS) is 1. The Morgan fingerprint density at radius 3 is 2.61 bits per heavy atom. The molecule has 0 saturated heterocycles. The van der Waals surface area contributed by atoms with E-state index < -0.39 is 5.97 Å². The van der Waals surface area contributed by atoms with Gasteiger partial charge in [0.1, 0.15) is 0 Å². The Balaban J connectivity index is 2.84. The standard InChI is InChI=1S/C13H17Br2NO2/c1-13(2,7-12(17)18)6-11(16)9-5-8(14)3-4-10(9)15/h3-5,11H,6-7,16H2,1-2H3,(H,17,18). The van der Waals surface area contributed by atoms with Gasteiger partial charge in [-0.3, -0.25) is 4.79 Å². The van der Waals surface area contributed by atoms with Crippen LogP contribution in [-0.2, 0) is 4.79 Å². The first-order valence-corrected chi connectivity index (χ1v) is 7.22. The van der Waals surface area contributed by atoms with Gasteiger partial charge in [0.05, 0.1) is 6.42 Å². The summed E-state index contributed by atoms with van der Waals surface area (Å²) < 4.78 is 1.91. The van der Waals surface area contributed by atoms with Crippen LogP contribution in [0.1, 0.15) is 38.3 Å². The number of hydrogen-bond donors (Lipinski definition) is 2. The zero-order valence-electron chi connectivity index (χ0n) is 10.4. The molecule has 0 radical (unpaired) electrons. The molecule has 0 bridgehead atoms. The van der Waals surface area contributed by atoms with Gasteiger partial charge >= 0.3 is 5.97 Å². The van der Waals surface area contributed by atoms with Gasteiger partial charge < -0.3 is 10.8 Å². The third-order valence-corrected chi connectivity index (χ3v) is 3.98. The lowest BCUT2D eigenvalue weighted by molar-refractivity contribution is -0.139. The van der Waals surface area contributed by atoms with Crippen molar-refractivity contribution in [3.63, 3.8) is 0 Å². The summed E-state index contributed by atoms with van der Waals surface area (Å²) in [4.78, 5) is 10.8. The first-order chi connectivity index (χ1) is 8.21. The van der Waals surface area contributed by atoms with Crippen molar-refractivity contribution in [3.8, 4) is 0 Å². The molecule has 1 aromatic carbocycles. The largest absolute Gasteiger partial charge is 0.481 e. The lowest BCUT2D eigenvalue weighted by atomic mass is 9.81. The first-order valence-electron chi connectivity index (χ1n) is 5.63. The van der Waals surface area contributed by atoms with Crippen LogP contribution in [0.25, 0.3) is 0 Å². The van der Waals surface area contributed by atoms with Crippen LogP contribution >= 0.6 is 31.9 Å². The minimum Gasteiger partial charge on any atom is -0.481 e. The van der Waals surface area contributed by atoms with Crippen molar-refractivity contribution in [1.29, 1.82) is 0 Å². The number of benzene rings is 1. The average molecular weight is 379 g/mol. The highest BCUT2D eigenvalue weighted by Crippen LogP contribution is 2.35. The van der Waals surface area contributed by atoms with Crippen molar-refractivity contribution in [3.05, 3.63) is 32.7 Å². The smallest absolute Gasteiger partial charge is 0.303 e. The summed E-state index contributed by atoms with van der Waals surface area (Å²) in [6.07, 6.45) is 0.737. The van der Waals surface area contributed by atoms with Gasteiger partial charge in [0.2, 0.25) is 0 Å². The van der Waals surface area contributed by atoms with Gasteiger partial charge in [-0.05, 0) is 35.6 Å². The van der Waals surface area contributed by atoms with E-state index in [1.165, 1.54) is 0 Å². The van der Waals surface area contributed by atoms with E-state index in [4.69, 9.17) is 10.8 Å². The van der Waals surface area contributed by atoms with Crippen LogP contribution in [0.2, 0.25) is 0 Å². The topological polar surface area (TPSA) is 63.3 Å². The van der Waals surface area contributed by atoms with E-state index in [0.717, 1.165) is 14.5 Å². The Morgan fingerprint density at radius 1 is 1.44 bits per heavy atom. The van der Waals surface area contributed by atoms with E-state index in [-0.39, 0.29) is 17.9 Å². The van der Waals surface area contributed by atoms with Gasteiger partial charge in [0, 0.05) is 15.0 Å². The van der Waals surface area contributed by atoms with Crippen molar-refractivity contribution in [2.24, 2.45) is 11.1 Å². The maximum Gasteiger partial charge on any atom is 0.303 e. The molecule has 0 spiro atoms. The quantitative estimate of drug-likeness (QED) is 0.810. The fraction of sp³-hybridized carbons (Fsp3) is 0.462. The summed E-state index contributed by atoms with van der Waals surface area (Å²) in [5.74, 6) is -0.791. The Morgan fingerprint density at radius 2 is 2.06 bits per heavy atom. The summed E-state index contributed by atoms with van der Waals surface area (Å²) in [6.45, 7) is 3.85. The molecule has 0 amide bonds. The third kappa shape index (κ3) is 4.71. The minimum absolute atomic E-state index is 0.117. The van der Waals surface area contributed by atoms with Gasteiger partial charge in [-0.2, -0.15) is 0 Å². The summed E-state index contributed by atoms with van der Waals surface area (Å²) >= 11 is 6.89. The maximum absolute atomic E-state index is 10.8. The minimum atomic E-state index is -0.791. The predicted octanol–water partition coefficient (Wildman–Crippen LogP) is 4.10. The number of carboxylic acids is 1. The summed E-state index contributed by atoms with van der Waals surface area (Å²) in [5.41, 5.74) is 6.85. The molecule has 3 N–H and O–H groups in total. The van der Waals surface area contributed by atoms with Gasteiger partial charge in [0.15, 0.2) is 0 Å². The highest BCUT2D eigenvalue weighted by Gasteiger charge is 2.26. The van der Waals surface area contributed by atoms with Crippen molar-refractivity contribution in [2.45, 2.75) is 32.7 Å². The van der Waals surface area contributed by atoms with E-state index in [1.807, 2.05) is 32.0 Å². The number of carbonyl (C=O) groups is 1. The number of hydrogen-bond acceptors (Lipinski definition) is 2. The number of halogens is 2. The van der Waals surface area contributed by atoms with Crippen LogP contribution in [0.15, 0.2) is 27.1 Å². The van der Waals surface area contributed by atoms with Crippen LogP contribution < -0.4 is 5.73 Å². The molecular formula is C13H17Br2NO2. The van der Waals surface area contributed by atoms with E-state index >= 15 is 0 Å². The Kier molecular flexibility index (Phi) is 5.37. The zero-order chi connectivity index (χ0) is 13.9. The van der Waals surface area contributed by atoms with Crippen LogP contribution in [0.5, 0.6) is 0 Å². The molecule has 3 nitrogen and oxygen atoms in total. The van der Waals surface area contributed by atoms with Crippen LogP contribution in [-0.4, -0.2) is 11.1 Å². The molecule has 18 heavy (non-hydrogen) atoms. The molecule has 0 aromatic heterocycles. The second-order valence-corrected chi connectivity index (χ2v) is 6.98. The normalized spacial score (nSPS) is 13.4. The van der Waals surface area contributed by atoms with Crippen LogP contribution in [0.3, 0.4) is 0 Å². The average Bonchev–Trinajstić information content (AvgIpc) is 2.18. The van der Waals surface area contributed by atoms with Crippen molar-refractivity contribution < 1.29 is 9.90 Å². The van der Waals surface area contributed by atoms with Crippen LogP contribution in [0.4, 0.5) is 0 Å². The number of nitrogens with two attached hydrogens (primary N) is 1. The van der Waals surface area contributed by atoms with Gasteiger partial charge in [-0.1, -0.05) is 45.7 Å². The molecule has 100 valence electrons. The van der Waals surface area contributed by atoms with Crippen molar-refractivity contribution >= 4 is 37.8 Å². The molecule has 1 rings (SSSR count). The molecule has 1 unspecified atom stereocenters. The molecule has 0 aliphatic carbocycles. The fourth-order valence-electron chi connectivity index (χ4n) is 1.99. The predicted molar refractivity (Wildman–Crippen MR) is 79.4 cm³/mol.